The van der Waals surface area contributed by atoms with Gasteiger partial charge in [0.15, 0.2) is 11.6 Å². The molecule has 0 unspecified atom stereocenters. The first-order valence-electron chi connectivity index (χ1n) is 8.84. The average molecular weight is 349 g/mol. The van der Waals surface area contributed by atoms with E-state index < -0.39 is 6.17 Å². The van der Waals surface area contributed by atoms with Gasteiger partial charge >= 0.3 is 0 Å². The van der Waals surface area contributed by atoms with Crippen molar-refractivity contribution < 1.29 is 8.91 Å². The Balaban J connectivity index is 1.33. The fourth-order valence-corrected chi connectivity index (χ4v) is 3.48. The van der Waals surface area contributed by atoms with E-state index in [9.17, 15) is 4.39 Å². The first-order valence-corrected chi connectivity index (χ1v) is 8.84. The number of likely N-dealkylation sites (N-methyl/N-ethyl adjacent to an activating group) is 1. The zero-order valence-corrected chi connectivity index (χ0v) is 14.7. The lowest BCUT2D eigenvalue weighted by Crippen LogP contribution is -2.38. The number of nitrogens with zero attached hydrogens (tertiary/aromatic N) is 6. The van der Waals surface area contributed by atoms with Gasteiger partial charge in [-0.3, -0.25) is 14.9 Å². The van der Waals surface area contributed by atoms with Crippen molar-refractivity contribution in [3.05, 3.63) is 23.4 Å². The van der Waals surface area contributed by atoms with Crippen molar-refractivity contribution >= 4 is 0 Å². The van der Waals surface area contributed by atoms with E-state index in [4.69, 9.17) is 4.52 Å². The Hall–Kier alpha value is -1.87. The Labute approximate surface area is 145 Å². The van der Waals surface area contributed by atoms with Gasteiger partial charge in [-0.05, 0) is 26.3 Å². The normalized spacial score (nSPS) is 24.5. The Morgan fingerprint density at radius 3 is 2.92 bits per heavy atom. The van der Waals surface area contributed by atoms with Crippen molar-refractivity contribution in [3.8, 4) is 0 Å². The third kappa shape index (κ3) is 4.04. The van der Waals surface area contributed by atoms with E-state index in [0.29, 0.717) is 43.7 Å². The van der Waals surface area contributed by atoms with Crippen LogP contribution in [0.3, 0.4) is 0 Å². The molecule has 1 aliphatic heterocycles. The molecule has 1 saturated carbocycles. The van der Waals surface area contributed by atoms with E-state index in [-0.39, 0.29) is 6.04 Å². The summed E-state index contributed by atoms with van der Waals surface area (Å²) in [4.78, 5) is 13.0. The summed E-state index contributed by atoms with van der Waals surface area (Å²) < 4.78 is 19.0. The zero-order chi connectivity index (χ0) is 17.4. The minimum Gasteiger partial charge on any atom is -0.340 e. The van der Waals surface area contributed by atoms with E-state index in [1.807, 2.05) is 7.05 Å². The van der Waals surface area contributed by atoms with Crippen molar-refractivity contribution in [2.45, 2.75) is 57.4 Å². The van der Waals surface area contributed by atoms with Crippen LogP contribution in [-0.4, -0.2) is 67.5 Å². The molecule has 8 nitrogen and oxygen atoms in total. The van der Waals surface area contributed by atoms with E-state index in [1.54, 1.807) is 6.92 Å². The zero-order valence-electron chi connectivity index (χ0n) is 14.7. The van der Waals surface area contributed by atoms with Crippen LogP contribution in [-0.2, 0) is 13.1 Å². The van der Waals surface area contributed by atoms with Gasteiger partial charge in [0, 0.05) is 32.0 Å². The second kappa shape index (κ2) is 6.80. The highest BCUT2D eigenvalue weighted by Crippen LogP contribution is 2.37. The summed E-state index contributed by atoms with van der Waals surface area (Å²) in [6.45, 7) is 4.14. The van der Waals surface area contributed by atoms with Crippen LogP contribution in [0.25, 0.3) is 0 Å². The monoisotopic (exact) mass is 349 g/mol. The minimum absolute atomic E-state index is 0.129. The lowest BCUT2D eigenvalue weighted by Gasteiger charge is -2.26. The van der Waals surface area contributed by atoms with Crippen molar-refractivity contribution in [1.29, 1.82) is 0 Å². The smallest absolute Gasteiger partial charge is 0.223 e. The SMILES string of the molecule is Cc1nc(CN2C[C@@H](F)C[C@H]2CN(C)Cc2nc(C3CC3)n[nH]2)no1. The van der Waals surface area contributed by atoms with Crippen LogP contribution in [0.1, 0.15) is 48.5 Å². The largest absolute Gasteiger partial charge is 0.340 e. The predicted molar refractivity (Wildman–Crippen MR) is 87.4 cm³/mol. The lowest BCUT2D eigenvalue weighted by molar-refractivity contribution is 0.174. The van der Waals surface area contributed by atoms with Crippen molar-refractivity contribution in [2.75, 3.05) is 20.1 Å². The standard InChI is InChI=1S/C16H24FN7O/c1-10-18-15(22-25-10)9-24-6-12(17)5-13(24)7-23(2)8-14-19-16(21-20-14)11-3-4-11/h11-13H,3-9H2,1-2H3,(H,19,20,21)/t12-,13-/m0/s1. The Bertz CT molecular complexity index is 713. The predicted octanol–water partition coefficient (Wildman–Crippen LogP) is 1.42. The van der Waals surface area contributed by atoms with Gasteiger partial charge in [0.1, 0.15) is 12.0 Å². The number of aryl methyl sites for hydroxylation is 1. The maximum absolute atomic E-state index is 14.0. The molecule has 1 saturated heterocycles. The summed E-state index contributed by atoms with van der Waals surface area (Å²) >= 11 is 0. The molecule has 4 rings (SSSR count). The number of rotatable bonds is 7. The lowest BCUT2D eigenvalue weighted by atomic mass is 10.2. The second-order valence-corrected chi connectivity index (χ2v) is 7.26. The first-order chi connectivity index (χ1) is 12.1. The van der Waals surface area contributed by atoms with Crippen LogP contribution in [0, 0.1) is 6.92 Å². The molecule has 0 radical (unpaired) electrons. The molecule has 2 aromatic heterocycles. The summed E-state index contributed by atoms with van der Waals surface area (Å²) in [6.07, 6.45) is 2.11. The molecule has 0 aromatic carbocycles. The van der Waals surface area contributed by atoms with E-state index in [2.05, 4.69) is 35.1 Å². The van der Waals surface area contributed by atoms with Gasteiger partial charge in [-0.25, -0.2) is 9.37 Å². The van der Waals surface area contributed by atoms with Gasteiger partial charge in [0.25, 0.3) is 0 Å². The van der Waals surface area contributed by atoms with Gasteiger partial charge in [0.2, 0.25) is 5.89 Å². The number of H-pyrrole nitrogens is 1. The number of nitrogens with one attached hydrogen (secondary N) is 1. The Kier molecular flexibility index (Phi) is 4.51. The highest BCUT2D eigenvalue weighted by molar-refractivity contribution is 5.05. The molecular formula is C16H24FN7O. The topological polar surface area (TPSA) is 87.0 Å². The molecule has 1 N–H and O–H groups in total. The molecule has 0 spiro atoms. The van der Waals surface area contributed by atoms with Crippen LogP contribution in [0.15, 0.2) is 4.52 Å². The van der Waals surface area contributed by atoms with Crippen LogP contribution < -0.4 is 0 Å². The second-order valence-electron chi connectivity index (χ2n) is 7.26. The summed E-state index contributed by atoms with van der Waals surface area (Å²) in [5, 5.41) is 11.2. The van der Waals surface area contributed by atoms with Crippen molar-refractivity contribution in [3.63, 3.8) is 0 Å². The van der Waals surface area contributed by atoms with Crippen LogP contribution in [0.4, 0.5) is 4.39 Å². The molecule has 0 amide bonds. The van der Waals surface area contributed by atoms with Crippen LogP contribution in [0.2, 0.25) is 0 Å². The first kappa shape index (κ1) is 16.6. The molecule has 25 heavy (non-hydrogen) atoms. The quantitative estimate of drug-likeness (QED) is 0.809. The van der Waals surface area contributed by atoms with E-state index in [1.165, 1.54) is 12.8 Å². The number of likely N-dealkylation sites (tertiary alicyclic amines) is 1. The fraction of sp³-hybridized carbons (Fsp3) is 0.750. The number of hydrogen-bond acceptors (Lipinski definition) is 7. The van der Waals surface area contributed by atoms with Crippen molar-refractivity contribution in [1.82, 2.24) is 35.1 Å². The summed E-state index contributed by atoms with van der Waals surface area (Å²) in [7, 11) is 2.03. The molecule has 3 heterocycles. The fourth-order valence-electron chi connectivity index (χ4n) is 3.48. The number of aromatic nitrogens is 5. The van der Waals surface area contributed by atoms with Gasteiger partial charge < -0.3 is 4.52 Å². The van der Waals surface area contributed by atoms with Gasteiger partial charge in [-0.15, -0.1) is 0 Å². The van der Waals surface area contributed by atoms with E-state index >= 15 is 0 Å². The molecule has 2 fully saturated rings. The number of alkyl halides is 1. The maximum atomic E-state index is 14.0. The average Bonchev–Trinajstić information content (AvgIpc) is 3.02. The third-order valence-corrected chi connectivity index (χ3v) is 4.82. The summed E-state index contributed by atoms with van der Waals surface area (Å²) in [5.74, 6) is 3.51. The summed E-state index contributed by atoms with van der Waals surface area (Å²) in [5.41, 5.74) is 0. The molecule has 136 valence electrons. The van der Waals surface area contributed by atoms with Gasteiger partial charge in [0.05, 0.1) is 13.1 Å². The molecule has 2 aliphatic rings. The molecule has 0 bridgehead atoms. The highest BCUT2D eigenvalue weighted by Gasteiger charge is 2.34. The van der Waals surface area contributed by atoms with Crippen LogP contribution >= 0.6 is 0 Å². The number of halogens is 1. The van der Waals surface area contributed by atoms with Crippen LogP contribution in [0.5, 0.6) is 0 Å². The van der Waals surface area contributed by atoms with Gasteiger partial charge in [-0.2, -0.15) is 10.1 Å². The van der Waals surface area contributed by atoms with Gasteiger partial charge in [-0.1, -0.05) is 5.16 Å². The number of aromatic amines is 1. The molecule has 2 atom stereocenters. The molecule has 2 aromatic rings. The Morgan fingerprint density at radius 2 is 2.20 bits per heavy atom. The third-order valence-electron chi connectivity index (χ3n) is 4.82. The molecule has 9 heteroatoms. The van der Waals surface area contributed by atoms with E-state index in [0.717, 1.165) is 18.2 Å². The highest BCUT2D eigenvalue weighted by atomic mass is 19.1. The molecule has 1 aliphatic carbocycles. The minimum atomic E-state index is -0.807. The molecular weight excluding hydrogens is 325 g/mol. The maximum Gasteiger partial charge on any atom is 0.223 e. The summed E-state index contributed by atoms with van der Waals surface area (Å²) in [6, 6.07) is 0.129. The van der Waals surface area contributed by atoms with Crippen molar-refractivity contribution in [2.24, 2.45) is 0 Å². The number of hydrogen-bond donors (Lipinski definition) is 1. The Morgan fingerprint density at radius 1 is 1.36 bits per heavy atom.